The molecule has 0 amide bonds. The fraction of sp³-hybridized carbons (Fsp3) is 0.333. The van der Waals surface area contributed by atoms with Gasteiger partial charge in [0.1, 0.15) is 6.33 Å². The van der Waals surface area contributed by atoms with Gasteiger partial charge in [-0.2, -0.15) is 4.98 Å². The molecule has 0 aromatic carbocycles. The van der Waals surface area contributed by atoms with Crippen molar-refractivity contribution in [2.45, 2.75) is 30.8 Å². The van der Waals surface area contributed by atoms with E-state index in [4.69, 9.17) is 8.94 Å². The van der Waals surface area contributed by atoms with Crippen molar-refractivity contribution >= 4 is 11.8 Å². The quantitative estimate of drug-likeness (QED) is 0.668. The second-order valence-electron chi connectivity index (χ2n) is 4.39. The number of thioether (sulfide) groups is 1. The monoisotopic (exact) mass is 291 g/mol. The molecule has 0 saturated carbocycles. The summed E-state index contributed by atoms with van der Waals surface area (Å²) in [5.41, 5.74) is 0. The highest BCUT2D eigenvalue weighted by molar-refractivity contribution is 7.98. The molecule has 0 spiro atoms. The van der Waals surface area contributed by atoms with Gasteiger partial charge in [0.05, 0.1) is 12.0 Å². The van der Waals surface area contributed by atoms with E-state index in [1.54, 1.807) is 24.7 Å². The molecule has 0 aliphatic heterocycles. The third kappa shape index (κ3) is 2.60. The number of aromatic nitrogens is 5. The van der Waals surface area contributed by atoms with Gasteiger partial charge in [-0.25, -0.2) is 0 Å². The lowest BCUT2D eigenvalue weighted by Crippen LogP contribution is -2.00. The van der Waals surface area contributed by atoms with Crippen molar-refractivity contribution < 1.29 is 8.94 Å². The Labute approximate surface area is 119 Å². The lowest BCUT2D eigenvalue weighted by molar-refractivity contribution is 0.390. The molecular formula is C12H13N5O2S. The lowest BCUT2D eigenvalue weighted by Gasteiger charge is -2.07. The first-order valence-corrected chi connectivity index (χ1v) is 7.11. The molecule has 8 heteroatoms. The lowest BCUT2D eigenvalue weighted by atomic mass is 10.4. The molecular weight excluding hydrogens is 278 g/mol. The second-order valence-corrected chi connectivity index (χ2v) is 5.33. The van der Waals surface area contributed by atoms with Gasteiger partial charge in [0.2, 0.25) is 11.7 Å². The van der Waals surface area contributed by atoms with Gasteiger partial charge in [-0.3, -0.25) is 0 Å². The first-order valence-electron chi connectivity index (χ1n) is 6.13. The Morgan fingerprint density at radius 3 is 3.05 bits per heavy atom. The summed E-state index contributed by atoms with van der Waals surface area (Å²) in [6.45, 7) is 4.16. The minimum absolute atomic E-state index is 0.314. The third-order valence-electron chi connectivity index (χ3n) is 2.63. The van der Waals surface area contributed by atoms with Crippen LogP contribution < -0.4 is 0 Å². The van der Waals surface area contributed by atoms with Gasteiger partial charge >= 0.3 is 0 Å². The number of hydrogen-bond donors (Lipinski definition) is 0. The van der Waals surface area contributed by atoms with Gasteiger partial charge < -0.3 is 13.5 Å². The van der Waals surface area contributed by atoms with Gasteiger partial charge in [-0.05, 0) is 26.0 Å². The second kappa shape index (κ2) is 5.49. The van der Waals surface area contributed by atoms with Crippen LogP contribution in [-0.4, -0.2) is 24.9 Å². The third-order valence-corrected chi connectivity index (χ3v) is 3.57. The van der Waals surface area contributed by atoms with Crippen LogP contribution in [0.25, 0.3) is 11.6 Å². The van der Waals surface area contributed by atoms with Crippen molar-refractivity contribution in [1.29, 1.82) is 0 Å². The van der Waals surface area contributed by atoms with Gasteiger partial charge in [-0.15, -0.1) is 10.2 Å². The fourth-order valence-electron chi connectivity index (χ4n) is 1.64. The van der Waals surface area contributed by atoms with E-state index < -0.39 is 0 Å². The van der Waals surface area contributed by atoms with Crippen LogP contribution in [0.15, 0.2) is 38.8 Å². The SMILES string of the molecule is CC(C)n1cnnc1SCc1nc(-c2ccco2)no1. The van der Waals surface area contributed by atoms with Crippen LogP contribution in [0.4, 0.5) is 0 Å². The molecule has 0 bridgehead atoms. The van der Waals surface area contributed by atoms with Crippen LogP contribution in [0.3, 0.4) is 0 Å². The number of hydrogen-bond acceptors (Lipinski definition) is 7. The first kappa shape index (κ1) is 12.9. The van der Waals surface area contributed by atoms with Gasteiger partial charge in [0.15, 0.2) is 10.9 Å². The maximum absolute atomic E-state index is 5.22. The molecule has 0 unspecified atom stereocenters. The van der Waals surface area contributed by atoms with Crippen LogP contribution in [-0.2, 0) is 5.75 Å². The average molecular weight is 291 g/mol. The summed E-state index contributed by atoms with van der Waals surface area (Å²) in [6, 6.07) is 3.89. The summed E-state index contributed by atoms with van der Waals surface area (Å²) in [6.07, 6.45) is 3.29. The zero-order valence-electron chi connectivity index (χ0n) is 11.1. The van der Waals surface area contributed by atoms with Crippen LogP contribution >= 0.6 is 11.8 Å². The molecule has 0 N–H and O–H groups in total. The fourth-order valence-corrected chi connectivity index (χ4v) is 2.52. The smallest absolute Gasteiger partial charge is 0.238 e. The highest BCUT2D eigenvalue weighted by Crippen LogP contribution is 2.23. The van der Waals surface area contributed by atoms with Crippen molar-refractivity contribution in [3.05, 3.63) is 30.6 Å². The van der Waals surface area contributed by atoms with E-state index in [0.29, 0.717) is 29.3 Å². The van der Waals surface area contributed by atoms with Crippen molar-refractivity contribution in [3.8, 4) is 11.6 Å². The summed E-state index contributed by atoms with van der Waals surface area (Å²) in [5, 5.41) is 12.7. The molecule has 0 atom stereocenters. The Kier molecular flexibility index (Phi) is 3.55. The highest BCUT2D eigenvalue weighted by atomic mass is 32.2. The highest BCUT2D eigenvalue weighted by Gasteiger charge is 2.13. The van der Waals surface area contributed by atoms with Gasteiger partial charge in [0, 0.05) is 6.04 Å². The van der Waals surface area contributed by atoms with Crippen LogP contribution in [0.1, 0.15) is 25.8 Å². The van der Waals surface area contributed by atoms with E-state index in [9.17, 15) is 0 Å². The molecule has 0 aliphatic rings. The largest absolute Gasteiger partial charge is 0.461 e. The maximum Gasteiger partial charge on any atom is 0.238 e. The van der Waals surface area contributed by atoms with E-state index in [-0.39, 0.29) is 0 Å². The molecule has 20 heavy (non-hydrogen) atoms. The Balaban J connectivity index is 1.68. The van der Waals surface area contributed by atoms with Gasteiger partial charge in [-0.1, -0.05) is 16.9 Å². The summed E-state index contributed by atoms with van der Waals surface area (Å²) in [4.78, 5) is 4.28. The molecule has 3 rings (SSSR count). The average Bonchev–Trinajstić information content (AvgIpc) is 3.16. The molecule has 3 aromatic heterocycles. The first-order chi connectivity index (χ1) is 9.74. The predicted molar refractivity (Wildman–Crippen MR) is 72.0 cm³/mol. The summed E-state index contributed by atoms with van der Waals surface area (Å²) in [7, 11) is 0. The summed E-state index contributed by atoms with van der Waals surface area (Å²) < 4.78 is 12.4. The molecule has 0 aliphatic carbocycles. The van der Waals surface area contributed by atoms with Crippen molar-refractivity contribution in [3.63, 3.8) is 0 Å². The normalized spacial score (nSPS) is 11.3. The van der Waals surface area contributed by atoms with Gasteiger partial charge in [0.25, 0.3) is 0 Å². The number of nitrogens with zero attached hydrogens (tertiary/aromatic N) is 5. The summed E-state index contributed by atoms with van der Waals surface area (Å²) in [5.74, 6) is 2.12. The molecule has 7 nitrogen and oxygen atoms in total. The zero-order chi connectivity index (χ0) is 13.9. The van der Waals surface area contributed by atoms with Crippen molar-refractivity contribution in [2.24, 2.45) is 0 Å². The molecule has 0 fully saturated rings. The van der Waals surface area contributed by atoms with E-state index in [0.717, 1.165) is 5.16 Å². The minimum atomic E-state index is 0.314. The maximum atomic E-state index is 5.22. The molecule has 3 aromatic rings. The Morgan fingerprint density at radius 2 is 2.30 bits per heavy atom. The molecule has 3 heterocycles. The van der Waals surface area contributed by atoms with E-state index in [1.807, 2.05) is 4.57 Å². The van der Waals surface area contributed by atoms with Crippen molar-refractivity contribution in [2.75, 3.05) is 0 Å². The van der Waals surface area contributed by atoms with Crippen LogP contribution in [0.5, 0.6) is 0 Å². The van der Waals surface area contributed by atoms with E-state index in [1.165, 1.54) is 11.8 Å². The van der Waals surface area contributed by atoms with Crippen molar-refractivity contribution in [1.82, 2.24) is 24.9 Å². The molecule has 0 radical (unpaired) electrons. The molecule has 104 valence electrons. The minimum Gasteiger partial charge on any atom is -0.461 e. The predicted octanol–water partition coefficient (Wildman–Crippen LogP) is 2.79. The van der Waals surface area contributed by atoms with Crippen LogP contribution in [0, 0.1) is 0 Å². The Hall–Kier alpha value is -2.09. The Morgan fingerprint density at radius 1 is 1.40 bits per heavy atom. The Bertz CT molecular complexity index is 674. The standard InChI is InChI=1S/C12H13N5O2S/c1-8(2)17-7-13-15-12(17)20-6-10-14-11(16-19-10)9-4-3-5-18-9/h3-5,7-8H,6H2,1-2H3. The topological polar surface area (TPSA) is 82.8 Å². The summed E-state index contributed by atoms with van der Waals surface area (Å²) >= 11 is 1.51. The molecule has 0 saturated heterocycles. The zero-order valence-corrected chi connectivity index (χ0v) is 11.9. The number of furan rings is 1. The van der Waals surface area contributed by atoms with E-state index in [2.05, 4.69) is 34.2 Å². The van der Waals surface area contributed by atoms with E-state index >= 15 is 0 Å². The number of rotatable bonds is 5. The van der Waals surface area contributed by atoms with Crippen LogP contribution in [0.2, 0.25) is 0 Å².